The molecule has 2 aliphatic carbocycles. The molecule has 1 saturated heterocycles. The lowest BCUT2D eigenvalue weighted by Gasteiger charge is -2.52. The molecular weight excluding hydrogens is 358 g/mol. The number of carbonyl (C=O) groups excluding carboxylic acids is 2. The third-order valence-electron chi connectivity index (χ3n) is 6.36. The SMILES string of the molecule is COc1ccc(C(=O)N2CC(=O)N(CC3CC3)C3(CCCCC3)C2)c(OC)n1. The number of hydrogen-bond donors (Lipinski definition) is 0. The number of pyridine rings is 1. The van der Waals surface area contributed by atoms with Crippen molar-refractivity contribution in [2.24, 2.45) is 5.92 Å². The van der Waals surface area contributed by atoms with Crippen molar-refractivity contribution in [2.75, 3.05) is 33.9 Å². The van der Waals surface area contributed by atoms with Gasteiger partial charge in [0.05, 0.1) is 19.8 Å². The van der Waals surface area contributed by atoms with E-state index >= 15 is 0 Å². The van der Waals surface area contributed by atoms with Gasteiger partial charge in [-0.3, -0.25) is 9.59 Å². The quantitative estimate of drug-likeness (QED) is 0.776. The second kappa shape index (κ2) is 7.60. The van der Waals surface area contributed by atoms with Gasteiger partial charge in [0.15, 0.2) is 0 Å². The molecule has 0 radical (unpaired) electrons. The Morgan fingerprint density at radius 3 is 2.57 bits per heavy atom. The molecule has 0 unspecified atom stereocenters. The van der Waals surface area contributed by atoms with Crippen molar-refractivity contribution >= 4 is 11.8 Å². The van der Waals surface area contributed by atoms with Crippen molar-refractivity contribution < 1.29 is 19.1 Å². The van der Waals surface area contributed by atoms with Gasteiger partial charge in [-0.2, -0.15) is 4.98 Å². The van der Waals surface area contributed by atoms with E-state index in [1.165, 1.54) is 33.5 Å². The first-order valence-corrected chi connectivity index (χ1v) is 10.2. The molecular formula is C21H29N3O4. The maximum atomic E-state index is 13.3. The third-order valence-corrected chi connectivity index (χ3v) is 6.36. The number of amides is 2. The molecule has 0 N–H and O–H groups in total. The molecule has 7 heteroatoms. The Hall–Kier alpha value is -2.31. The van der Waals surface area contributed by atoms with Crippen LogP contribution in [0.4, 0.5) is 0 Å². The molecule has 1 aliphatic heterocycles. The minimum atomic E-state index is -0.209. The van der Waals surface area contributed by atoms with Crippen LogP contribution in [0, 0.1) is 5.92 Å². The first-order chi connectivity index (χ1) is 13.6. The zero-order valence-electron chi connectivity index (χ0n) is 16.8. The molecule has 1 spiro atoms. The highest BCUT2D eigenvalue weighted by atomic mass is 16.5. The first-order valence-electron chi connectivity index (χ1n) is 10.2. The second-order valence-corrected chi connectivity index (χ2v) is 8.30. The van der Waals surface area contributed by atoms with E-state index in [-0.39, 0.29) is 29.8 Å². The molecule has 3 fully saturated rings. The maximum Gasteiger partial charge on any atom is 0.259 e. The van der Waals surface area contributed by atoms with E-state index in [1.807, 2.05) is 0 Å². The fourth-order valence-electron chi connectivity index (χ4n) is 4.67. The average molecular weight is 387 g/mol. The van der Waals surface area contributed by atoms with E-state index in [4.69, 9.17) is 9.47 Å². The van der Waals surface area contributed by atoms with Gasteiger partial charge in [-0.05, 0) is 37.7 Å². The molecule has 1 aromatic rings. The van der Waals surface area contributed by atoms with Crippen molar-refractivity contribution in [2.45, 2.75) is 50.5 Å². The van der Waals surface area contributed by atoms with Gasteiger partial charge in [-0.1, -0.05) is 19.3 Å². The van der Waals surface area contributed by atoms with Gasteiger partial charge >= 0.3 is 0 Å². The van der Waals surface area contributed by atoms with Crippen molar-refractivity contribution in [1.29, 1.82) is 0 Å². The minimum absolute atomic E-state index is 0.0776. The number of hydrogen-bond acceptors (Lipinski definition) is 5. The summed E-state index contributed by atoms with van der Waals surface area (Å²) in [6.07, 6.45) is 7.83. The fourth-order valence-corrected chi connectivity index (χ4v) is 4.67. The summed E-state index contributed by atoms with van der Waals surface area (Å²) in [4.78, 5) is 34.4. The van der Waals surface area contributed by atoms with Crippen molar-refractivity contribution in [3.8, 4) is 11.8 Å². The van der Waals surface area contributed by atoms with Gasteiger partial charge in [-0.25, -0.2) is 0 Å². The number of piperazine rings is 1. The summed E-state index contributed by atoms with van der Waals surface area (Å²) in [5.74, 6) is 1.15. The summed E-state index contributed by atoms with van der Waals surface area (Å²) < 4.78 is 10.4. The molecule has 0 atom stereocenters. The highest BCUT2D eigenvalue weighted by Crippen LogP contribution is 2.41. The average Bonchev–Trinajstić information content (AvgIpc) is 3.54. The van der Waals surface area contributed by atoms with Crippen LogP contribution in [0.2, 0.25) is 0 Å². The maximum absolute atomic E-state index is 13.3. The van der Waals surface area contributed by atoms with Gasteiger partial charge < -0.3 is 19.3 Å². The monoisotopic (exact) mass is 387 g/mol. The number of carbonyl (C=O) groups is 2. The van der Waals surface area contributed by atoms with Crippen LogP contribution in [0.15, 0.2) is 12.1 Å². The lowest BCUT2D eigenvalue weighted by atomic mass is 9.78. The van der Waals surface area contributed by atoms with Crippen LogP contribution in [0.5, 0.6) is 11.8 Å². The summed E-state index contributed by atoms with van der Waals surface area (Å²) in [5.41, 5.74) is 0.164. The topological polar surface area (TPSA) is 72.0 Å². The van der Waals surface area contributed by atoms with E-state index in [2.05, 4.69) is 9.88 Å². The normalized spacial score (nSPS) is 21.7. The third kappa shape index (κ3) is 3.54. The summed E-state index contributed by atoms with van der Waals surface area (Å²) in [5, 5.41) is 0. The zero-order chi connectivity index (χ0) is 19.7. The highest BCUT2D eigenvalue weighted by molar-refractivity contribution is 5.99. The summed E-state index contributed by atoms with van der Waals surface area (Å²) >= 11 is 0. The molecule has 28 heavy (non-hydrogen) atoms. The lowest BCUT2D eigenvalue weighted by Crippen LogP contribution is -2.66. The smallest absolute Gasteiger partial charge is 0.259 e. The van der Waals surface area contributed by atoms with Crippen LogP contribution in [-0.4, -0.2) is 66.0 Å². The Morgan fingerprint density at radius 1 is 1.18 bits per heavy atom. The fraction of sp³-hybridized carbons (Fsp3) is 0.667. The van der Waals surface area contributed by atoms with Crippen molar-refractivity contribution in [1.82, 2.24) is 14.8 Å². The molecule has 2 saturated carbocycles. The van der Waals surface area contributed by atoms with Crippen LogP contribution >= 0.6 is 0 Å². The van der Waals surface area contributed by atoms with Crippen LogP contribution < -0.4 is 9.47 Å². The van der Waals surface area contributed by atoms with Gasteiger partial charge in [0.25, 0.3) is 5.91 Å². The second-order valence-electron chi connectivity index (χ2n) is 8.30. The molecule has 152 valence electrons. The van der Waals surface area contributed by atoms with E-state index in [9.17, 15) is 9.59 Å². The summed E-state index contributed by atoms with van der Waals surface area (Å²) in [7, 11) is 3.01. The minimum Gasteiger partial charge on any atom is -0.481 e. The molecule has 1 aromatic heterocycles. The Morgan fingerprint density at radius 2 is 1.93 bits per heavy atom. The Labute approximate surface area is 166 Å². The predicted octanol–water partition coefficient (Wildman–Crippen LogP) is 2.50. The van der Waals surface area contributed by atoms with Crippen LogP contribution in [0.25, 0.3) is 0 Å². The van der Waals surface area contributed by atoms with E-state index in [0.29, 0.717) is 23.9 Å². The van der Waals surface area contributed by atoms with E-state index in [1.54, 1.807) is 17.0 Å². The largest absolute Gasteiger partial charge is 0.481 e. The number of ether oxygens (including phenoxy) is 2. The number of nitrogens with zero attached hydrogens (tertiary/aromatic N) is 3. The highest BCUT2D eigenvalue weighted by Gasteiger charge is 2.48. The zero-order valence-corrected chi connectivity index (χ0v) is 16.8. The Balaban J connectivity index is 1.60. The van der Waals surface area contributed by atoms with Crippen molar-refractivity contribution in [3.05, 3.63) is 17.7 Å². The van der Waals surface area contributed by atoms with Gasteiger partial charge in [0.1, 0.15) is 12.1 Å². The first kappa shape index (κ1) is 19.0. The molecule has 0 aromatic carbocycles. The lowest BCUT2D eigenvalue weighted by molar-refractivity contribution is -0.147. The summed E-state index contributed by atoms with van der Waals surface area (Å²) in [6, 6.07) is 3.32. The van der Waals surface area contributed by atoms with Crippen molar-refractivity contribution in [3.63, 3.8) is 0 Å². The number of aromatic nitrogens is 1. The molecule has 4 rings (SSSR count). The standard InChI is InChI=1S/C21H29N3O4/c1-27-17-9-8-16(19(22-17)28-2)20(26)23-13-18(25)24(12-15-6-7-15)21(14-23)10-4-3-5-11-21/h8-9,15H,3-7,10-14H2,1-2H3. The van der Waals surface area contributed by atoms with Gasteiger partial charge in [0, 0.05) is 19.2 Å². The van der Waals surface area contributed by atoms with E-state index < -0.39 is 0 Å². The Bertz CT molecular complexity index is 756. The van der Waals surface area contributed by atoms with Crippen LogP contribution in [0.3, 0.4) is 0 Å². The number of rotatable bonds is 5. The molecule has 3 aliphatic rings. The van der Waals surface area contributed by atoms with Gasteiger partial charge in [0.2, 0.25) is 17.7 Å². The van der Waals surface area contributed by atoms with Crippen LogP contribution in [-0.2, 0) is 4.79 Å². The number of methoxy groups -OCH3 is 2. The molecule has 2 heterocycles. The molecule has 0 bridgehead atoms. The summed E-state index contributed by atoms with van der Waals surface area (Å²) in [6.45, 7) is 1.58. The molecule has 2 amide bonds. The Kier molecular flexibility index (Phi) is 5.17. The predicted molar refractivity (Wildman–Crippen MR) is 103 cm³/mol. The molecule has 7 nitrogen and oxygen atoms in total. The van der Waals surface area contributed by atoms with Crippen LogP contribution in [0.1, 0.15) is 55.3 Å². The van der Waals surface area contributed by atoms with E-state index in [0.717, 1.165) is 32.2 Å². The van der Waals surface area contributed by atoms with Gasteiger partial charge in [-0.15, -0.1) is 0 Å².